The van der Waals surface area contributed by atoms with Crippen molar-refractivity contribution in [2.24, 2.45) is 5.92 Å². The number of hydrogen-bond donors (Lipinski definition) is 2. The normalized spacial score (nSPS) is 19.8. The maximum Gasteiger partial charge on any atom is 0.0682 e. The highest BCUT2D eigenvalue weighted by Gasteiger charge is 2.11. The Morgan fingerprint density at radius 1 is 1.42 bits per heavy atom. The van der Waals surface area contributed by atoms with Crippen LogP contribution in [0, 0.1) is 5.92 Å². The Labute approximate surface area is 74.8 Å². The molecule has 1 fully saturated rings. The Bertz CT molecular complexity index is 103. The largest absolute Gasteiger partial charge is 0.317 e. The molecule has 1 aliphatic heterocycles. The average Bonchev–Trinajstić information content (AvgIpc) is 2.14. The molecule has 0 amide bonds. The smallest absolute Gasteiger partial charge is 0.0682 e. The van der Waals surface area contributed by atoms with Gasteiger partial charge in [-0.1, -0.05) is 0 Å². The summed E-state index contributed by atoms with van der Waals surface area (Å²) in [6.07, 6.45) is 5.20. The third-order valence-corrected chi connectivity index (χ3v) is 2.46. The van der Waals surface area contributed by atoms with Gasteiger partial charge in [0.25, 0.3) is 0 Å². The molecule has 0 aromatic carbocycles. The predicted molar refractivity (Wildman–Crippen MR) is 49.8 cm³/mol. The van der Waals surface area contributed by atoms with Crippen molar-refractivity contribution in [2.45, 2.75) is 25.7 Å². The highest BCUT2D eigenvalue weighted by atomic mass is 16.6. The molecule has 72 valence electrons. The second kappa shape index (κ2) is 6.40. The van der Waals surface area contributed by atoms with E-state index in [1.165, 1.54) is 38.8 Å². The third-order valence-electron chi connectivity index (χ3n) is 2.46. The molecular weight excluding hydrogens is 152 g/mol. The number of hydrogen-bond acceptors (Lipinski definition) is 3. The van der Waals surface area contributed by atoms with Crippen molar-refractivity contribution >= 4 is 0 Å². The molecule has 0 unspecified atom stereocenters. The van der Waals surface area contributed by atoms with Gasteiger partial charge in [-0.15, -0.1) is 0 Å². The van der Waals surface area contributed by atoms with Crippen LogP contribution in [-0.4, -0.2) is 26.7 Å². The van der Waals surface area contributed by atoms with Gasteiger partial charge in [-0.25, -0.2) is 5.48 Å². The fraction of sp³-hybridized carbons (Fsp3) is 1.00. The third kappa shape index (κ3) is 4.04. The van der Waals surface area contributed by atoms with Crippen molar-refractivity contribution in [2.75, 3.05) is 26.7 Å². The summed E-state index contributed by atoms with van der Waals surface area (Å²) in [6.45, 7) is 3.26. The van der Waals surface area contributed by atoms with E-state index in [9.17, 15) is 0 Å². The van der Waals surface area contributed by atoms with Crippen LogP contribution in [0.5, 0.6) is 0 Å². The number of hydroxylamine groups is 1. The molecule has 3 nitrogen and oxygen atoms in total. The number of nitrogens with one attached hydrogen (secondary N) is 2. The van der Waals surface area contributed by atoms with Crippen molar-refractivity contribution in [1.29, 1.82) is 0 Å². The van der Waals surface area contributed by atoms with Crippen LogP contribution in [0.4, 0.5) is 0 Å². The minimum Gasteiger partial charge on any atom is -0.317 e. The van der Waals surface area contributed by atoms with Crippen molar-refractivity contribution in [3.8, 4) is 0 Å². The van der Waals surface area contributed by atoms with Crippen molar-refractivity contribution in [3.63, 3.8) is 0 Å². The first kappa shape index (κ1) is 9.96. The summed E-state index contributed by atoms with van der Waals surface area (Å²) in [6, 6.07) is 0. The van der Waals surface area contributed by atoms with E-state index in [-0.39, 0.29) is 0 Å². The van der Waals surface area contributed by atoms with Gasteiger partial charge in [0.2, 0.25) is 0 Å². The Morgan fingerprint density at radius 3 is 2.83 bits per heavy atom. The van der Waals surface area contributed by atoms with Gasteiger partial charge in [-0.05, 0) is 44.7 Å². The van der Waals surface area contributed by atoms with E-state index in [0.29, 0.717) is 0 Å². The van der Waals surface area contributed by atoms with Gasteiger partial charge in [0.15, 0.2) is 0 Å². The lowest BCUT2D eigenvalue weighted by molar-refractivity contribution is 0.0524. The summed E-state index contributed by atoms with van der Waals surface area (Å²) in [5, 5.41) is 3.37. The lowest BCUT2D eigenvalue weighted by Gasteiger charge is -2.22. The monoisotopic (exact) mass is 172 g/mol. The molecule has 0 aliphatic carbocycles. The summed E-state index contributed by atoms with van der Waals surface area (Å²) in [7, 11) is 1.81. The summed E-state index contributed by atoms with van der Waals surface area (Å²) in [4.78, 5) is 5.06. The lowest BCUT2D eigenvalue weighted by atomic mass is 9.93. The minimum atomic E-state index is 0.848. The zero-order valence-electron chi connectivity index (χ0n) is 7.94. The van der Waals surface area contributed by atoms with E-state index >= 15 is 0 Å². The topological polar surface area (TPSA) is 33.3 Å². The number of rotatable bonds is 5. The summed E-state index contributed by atoms with van der Waals surface area (Å²) in [5.74, 6) is 0.937. The fourth-order valence-electron chi connectivity index (χ4n) is 1.72. The van der Waals surface area contributed by atoms with Gasteiger partial charge in [-0.2, -0.15) is 0 Å². The zero-order chi connectivity index (χ0) is 8.65. The first-order valence-electron chi connectivity index (χ1n) is 4.92. The molecule has 2 N–H and O–H groups in total. The SMILES string of the molecule is CNOCCCC1CCNCC1. The van der Waals surface area contributed by atoms with Gasteiger partial charge < -0.3 is 10.2 Å². The van der Waals surface area contributed by atoms with E-state index in [1.807, 2.05) is 7.05 Å². The Kier molecular flexibility index (Phi) is 5.32. The molecule has 1 rings (SSSR count). The van der Waals surface area contributed by atoms with E-state index in [4.69, 9.17) is 4.84 Å². The van der Waals surface area contributed by atoms with E-state index < -0.39 is 0 Å². The molecule has 0 bridgehead atoms. The molecule has 0 atom stereocenters. The molecule has 0 radical (unpaired) electrons. The maximum atomic E-state index is 5.06. The van der Waals surface area contributed by atoms with Crippen LogP contribution >= 0.6 is 0 Å². The zero-order valence-corrected chi connectivity index (χ0v) is 7.94. The van der Waals surface area contributed by atoms with Gasteiger partial charge in [0.1, 0.15) is 0 Å². The Morgan fingerprint density at radius 2 is 2.17 bits per heavy atom. The van der Waals surface area contributed by atoms with Crippen LogP contribution in [0.15, 0.2) is 0 Å². The second-order valence-corrected chi connectivity index (χ2v) is 3.39. The van der Waals surface area contributed by atoms with Crippen LogP contribution < -0.4 is 10.8 Å². The molecule has 3 heteroatoms. The van der Waals surface area contributed by atoms with Crippen LogP contribution in [0.25, 0.3) is 0 Å². The first-order valence-corrected chi connectivity index (χ1v) is 4.92. The Hall–Kier alpha value is -0.120. The van der Waals surface area contributed by atoms with Gasteiger partial charge >= 0.3 is 0 Å². The molecular formula is C9H20N2O. The molecule has 1 aliphatic rings. The molecule has 0 aromatic rings. The predicted octanol–water partition coefficient (Wildman–Crippen LogP) is 0.917. The fourth-order valence-corrected chi connectivity index (χ4v) is 1.72. The lowest BCUT2D eigenvalue weighted by Crippen LogP contribution is -2.27. The molecule has 0 saturated carbocycles. The van der Waals surface area contributed by atoms with Crippen LogP contribution in [0.1, 0.15) is 25.7 Å². The van der Waals surface area contributed by atoms with Gasteiger partial charge in [0, 0.05) is 7.05 Å². The van der Waals surface area contributed by atoms with Crippen LogP contribution in [0.2, 0.25) is 0 Å². The first-order chi connectivity index (χ1) is 5.93. The molecule has 0 aromatic heterocycles. The Balaban J connectivity index is 1.91. The molecule has 0 spiro atoms. The van der Waals surface area contributed by atoms with E-state index in [0.717, 1.165) is 12.5 Å². The van der Waals surface area contributed by atoms with Crippen molar-refractivity contribution in [1.82, 2.24) is 10.8 Å². The average molecular weight is 172 g/mol. The molecule has 1 saturated heterocycles. The van der Waals surface area contributed by atoms with E-state index in [1.54, 1.807) is 0 Å². The number of piperidine rings is 1. The highest BCUT2D eigenvalue weighted by molar-refractivity contribution is 4.67. The van der Waals surface area contributed by atoms with Gasteiger partial charge in [-0.3, -0.25) is 0 Å². The molecule has 1 heterocycles. The van der Waals surface area contributed by atoms with Crippen LogP contribution in [-0.2, 0) is 4.84 Å². The standard InChI is InChI=1S/C9H20N2O/c1-10-12-8-2-3-9-4-6-11-7-5-9/h9-11H,2-8H2,1H3. The summed E-state index contributed by atoms with van der Waals surface area (Å²) in [5.41, 5.74) is 2.69. The summed E-state index contributed by atoms with van der Waals surface area (Å²) >= 11 is 0. The summed E-state index contributed by atoms with van der Waals surface area (Å²) < 4.78 is 0. The maximum absolute atomic E-state index is 5.06. The molecule has 12 heavy (non-hydrogen) atoms. The van der Waals surface area contributed by atoms with Gasteiger partial charge in [0.05, 0.1) is 6.61 Å². The second-order valence-electron chi connectivity index (χ2n) is 3.39. The van der Waals surface area contributed by atoms with Crippen molar-refractivity contribution < 1.29 is 4.84 Å². The minimum absolute atomic E-state index is 0.848. The quantitative estimate of drug-likeness (QED) is 0.478. The van der Waals surface area contributed by atoms with E-state index in [2.05, 4.69) is 10.8 Å². The van der Waals surface area contributed by atoms with Crippen molar-refractivity contribution in [3.05, 3.63) is 0 Å². The highest BCUT2D eigenvalue weighted by Crippen LogP contribution is 2.17. The van der Waals surface area contributed by atoms with Crippen LogP contribution in [0.3, 0.4) is 0 Å².